The van der Waals surface area contributed by atoms with Crippen molar-refractivity contribution in [2.45, 2.75) is 25.8 Å². The van der Waals surface area contributed by atoms with Crippen LogP contribution in [0.15, 0.2) is 40.8 Å². The van der Waals surface area contributed by atoms with Gasteiger partial charge in [0.2, 0.25) is 11.8 Å². The van der Waals surface area contributed by atoms with Gasteiger partial charge in [0.25, 0.3) is 5.91 Å². The van der Waals surface area contributed by atoms with Gasteiger partial charge in [0.15, 0.2) is 0 Å². The lowest BCUT2D eigenvalue weighted by Crippen LogP contribution is -2.43. The number of rotatable bonds is 6. The molecule has 2 aliphatic rings. The monoisotopic (exact) mass is 411 g/mol. The van der Waals surface area contributed by atoms with Crippen LogP contribution in [0.4, 0.5) is 5.69 Å². The van der Waals surface area contributed by atoms with E-state index in [0.717, 1.165) is 24.6 Å². The Hall–Kier alpha value is -2.97. The van der Waals surface area contributed by atoms with Gasteiger partial charge in [-0.2, -0.15) is 0 Å². The zero-order chi connectivity index (χ0) is 21.1. The first-order chi connectivity index (χ1) is 14.5. The van der Waals surface area contributed by atoms with Crippen LogP contribution in [0, 0.1) is 6.92 Å². The molecule has 1 unspecified atom stereocenters. The number of morpholine rings is 1. The van der Waals surface area contributed by atoms with Crippen molar-refractivity contribution in [3.63, 3.8) is 0 Å². The van der Waals surface area contributed by atoms with E-state index in [-0.39, 0.29) is 36.6 Å². The molecule has 1 N–H and O–H groups in total. The summed E-state index contributed by atoms with van der Waals surface area (Å²) in [5.41, 5.74) is 0.963. The normalized spacial score (nSPS) is 18.6. The lowest BCUT2D eigenvalue weighted by Gasteiger charge is -2.33. The molecule has 2 saturated heterocycles. The number of nitrogens with one attached hydrogen (secondary N) is 1. The summed E-state index contributed by atoms with van der Waals surface area (Å²) in [5, 5.41) is 2.98. The molecule has 2 fully saturated rings. The highest BCUT2D eigenvalue weighted by Crippen LogP contribution is 2.25. The largest absolute Gasteiger partial charge is 0.465 e. The number of imide groups is 1. The first-order valence-corrected chi connectivity index (χ1v) is 10.1. The number of carbonyl (C=O) groups excluding carboxylic acids is 3. The van der Waals surface area contributed by atoms with E-state index in [4.69, 9.17) is 9.15 Å². The van der Waals surface area contributed by atoms with Crippen LogP contribution >= 0.6 is 0 Å². The molecule has 1 aromatic heterocycles. The quantitative estimate of drug-likeness (QED) is 0.732. The lowest BCUT2D eigenvalue weighted by molar-refractivity contribution is -0.121. The summed E-state index contributed by atoms with van der Waals surface area (Å²) < 4.78 is 11.3. The summed E-state index contributed by atoms with van der Waals surface area (Å²) in [6.45, 7) is 5.14. The molecular weight excluding hydrogens is 386 g/mol. The number of benzene rings is 1. The zero-order valence-corrected chi connectivity index (χ0v) is 16.9. The summed E-state index contributed by atoms with van der Waals surface area (Å²) in [5.74, 6) is 1.01. The molecule has 0 saturated carbocycles. The molecule has 0 spiro atoms. The number of amides is 3. The molecule has 3 amide bonds. The van der Waals surface area contributed by atoms with Crippen LogP contribution in [0.2, 0.25) is 0 Å². The predicted molar refractivity (Wildman–Crippen MR) is 109 cm³/mol. The smallest absolute Gasteiger partial charge is 0.251 e. The van der Waals surface area contributed by atoms with Gasteiger partial charge in [0, 0.05) is 38.0 Å². The Labute approximate surface area is 174 Å². The van der Waals surface area contributed by atoms with Gasteiger partial charge in [-0.25, -0.2) is 0 Å². The molecule has 3 heterocycles. The minimum Gasteiger partial charge on any atom is -0.465 e. The molecule has 30 heavy (non-hydrogen) atoms. The Bertz CT molecular complexity index is 915. The van der Waals surface area contributed by atoms with E-state index in [1.54, 1.807) is 24.3 Å². The van der Waals surface area contributed by atoms with Gasteiger partial charge in [-0.15, -0.1) is 0 Å². The second-order valence-electron chi connectivity index (χ2n) is 7.49. The number of hydrogen-bond donors (Lipinski definition) is 1. The Balaban J connectivity index is 1.43. The van der Waals surface area contributed by atoms with E-state index in [0.29, 0.717) is 31.0 Å². The van der Waals surface area contributed by atoms with Gasteiger partial charge >= 0.3 is 0 Å². The Morgan fingerprint density at radius 1 is 1.03 bits per heavy atom. The van der Waals surface area contributed by atoms with Crippen LogP contribution in [-0.2, 0) is 14.3 Å². The number of furan rings is 1. The van der Waals surface area contributed by atoms with E-state index in [1.807, 2.05) is 19.1 Å². The minimum absolute atomic E-state index is 0.0781. The van der Waals surface area contributed by atoms with Crippen molar-refractivity contribution in [2.75, 3.05) is 37.7 Å². The van der Waals surface area contributed by atoms with Crippen molar-refractivity contribution in [2.24, 2.45) is 0 Å². The summed E-state index contributed by atoms with van der Waals surface area (Å²) in [6.07, 6.45) is 0.465. The van der Waals surface area contributed by atoms with Crippen LogP contribution in [0.5, 0.6) is 0 Å². The molecule has 8 heteroatoms. The molecule has 2 aliphatic heterocycles. The number of aryl methyl sites for hydroxylation is 1. The van der Waals surface area contributed by atoms with Gasteiger partial charge in [-0.1, -0.05) is 0 Å². The first-order valence-electron chi connectivity index (χ1n) is 10.1. The van der Waals surface area contributed by atoms with Gasteiger partial charge in [-0.05, 0) is 43.3 Å². The van der Waals surface area contributed by atoms with Crippen molar-refractivity contribution in [1.82, 2.24) is 10.2 Å². The van der Waals surface area contributed by atoms with Gasteiger partial charge in [-0.3, -0.25) is 24.2 Å². The second-order valence-corrected chi connectivity index (χ2v) is 7.49. The topological polar surface area (TPSA) is 92.1 Å². The third-order valence-electron chi connectivity index (χ3n) is 5.47. The maximum atomic E-state index is 12.7. The second kappa shape index (κ2) is 8.81. The number of ether oxygens (including phenoxy) is 1. The van der Waals surface area contributed by atoms with Crippen LogP contribution < -0.4 is 10.2 Å². The third-order valence-corrected chi connectivity index (χ3v) is 5.47. The number of anilines is 1. The molecule has 158 valence electrons. The average Bonchev–Trinajstić information content (AvgIpc) is 3.34. The molecule has 0 bridgehead atoms. The maximum absolute atomic E-state index is 12.7. The third kappa shape index (κ3) is 4.29. The predicted octanol–water partition coefficient (Wildman–Crippen LogP) is 2.04. The molecule has 1 aromatic carbocycles. The number of carbonyl (C=O) groups is 3. The van der Waals surface area contributed by atoms with Gasteiger partial charge in [0.1, 0.15) is 11.5 Å². The molecule has 1 atom stereocenters. The highest BCUT2D eigenvalue weighted by molar-refractivity contribution is 6.19. The van der Waals surface area contributed by atoms with Gasteiger partial charge in [0.05, 0.1) is 24.9 Å². The van der Waals surface area contributed by atoms with E-state index in [2.05, 4.69) is 10.2 Å². The Morgan fingerprint density at radius 2 is 1.70 bits per heavy atom. The molecule has 8 nitrogen and oxygen atoms in total. The first kappa shape index (κ1) is 20.3. The molecule has 0 radical (unpaired) electrons. The molecule has 0 aliphatic carbocycles. The van der Waals surface area contributed by atoms with E-state index in [1.165, 1.54) is 4.90 Å². The van der Waals surface area contributed by atoms with Crippen molar-refractivity contribution in [3.05, 3.63) is 53.5 Å². The SMILES string of the molecule is Cc1ccc(C(CNC(=O)c2ccc(N3C(=O)CCC3=O)cc2)N2CCOCC2)o1. The molecule has 2 aromatic rings. The summed E-state index contributed by atoms with van der Waals surface area (Å²) >= 11 is 0. The number of hydrogen-bond acceptors (Lipinski definition) is 6. The maximum Gasteiger partial charge on any atom is 0.251 e. The van der Waals surface area contributed by atoms with Gasteiger partial charge < -0.3 is 14.5 Å². The lowest BCUT2D eigenvalue weighted by atomic mass is 10.1. The van der Waals surface area contributed by atoms with E-state index in [9.17, 15) is 14.4 Å². The average molecular weight is 411 g/mol. The van der Waals surface area contributed by atoms with Crippen LogP contribution in [0.1, 0.15) is 40.8 Å². The van der Waals surface area contributed by atoms with Crippen LogP contribution in [0.3, 0.4) is 0 Å². The van der Waals surface area contributed by atoms with E-state index < -0.39 is 0 Å². The zero-order valence-electron chi connectivity index (χ0n) is 16.9. The molecular formula is C22H25N3O5. The van der Waals surface area contributed by atoms with E-state index >= 15 is 0 Å². The van der Waals surface area contributed by atoms with Crippen LogP contribution in [0.25, 0.3) is 0 Å². The standard InChI is InChI=1S/C22H25N3O5/c1-15-2-7-19(30-15)18(24-10-12-29-13-11-24)14-23-22(28)16-3-5-17(6-4-16)25-20(26)8-9-21(25)27/h2-7,18H,8-14H2,1H3,(H,23,28). The summed E-state index contributed by atoms with van der Waals surface area (Å²) in [6, 6.07) is 10.3. The molecule has 4 rings (SSSR count). The van der Waals surface area contributed by atoms with Crippen molar-refractivity contribution >= 4 is 23.4 Å². The number of nitrogens with zero attached hydrogens (tertiary/aromatic N) is 2. The highest BCUT2D eigenvalue weighted by atomic mass is 16.5. The fourth-order valence-electron chi connectivity index (χ4n) is 3.85. The van der Waals surface area contributed by atoms with Crippen molar-refractivity contribution < 1.29 is 23.5 Å². The summed E-state index contributed by atoms with van der Waals surface area (Å²) in [4.78, 5) is 39.9. The highest BCUT2D eigenvalue weighted by Gasteiger charge is 2.30. The summed E-state index contributed by atoms with van der Waals surface area (Å²) in [7, 11) is 0. The van der Waals surface area contributed by atoms with Crippen molar-refractivity contribution in [3.8, 4) is 0 Å². The fourth-order valence-corrected chi connectivity index (χ4v) is 3.85. The Morgan fingerprint density at radius 3 is 2.30 bits per heavy atom. The van der Waals surface area contributed by atoms with Crippen LogP contribution in [-0.4, -0.2) is 55.5 Å². The minimum atomic E-state index is -0.220. The Kier molecular flexibility index (Phi) is 5.96. The van der Waals surface area contributed by atoms with Crippen molar-refractivity contribution in [1.29, 1.82) is 0 Å². The fraction of sp³-hybridized carbons (Fsp3) is 0.409.